The van der Waals surface area contributed by atoms with Crippen molar-refractivity contribution in [1.82, 2.24) is 5.32 Å². The third-order valence-electron chi connectivity index (χ3n) is 2.99. The Kier molecular flexibility index (Phi) is 5.68. The zero-order valence-electron chi connectivity index (χ0n) is 11.4. The van der Waals surface area contributed by atoms with Crippen LogP contribution in [0.3, 0.4) is 0 Å². The van der Waals surface area contributed by atoms with Gasteiger partial charge in [-0.25, -0.2) is 0 Å². The third-order valence-corrected chi connectivity index (χ3v) is 3.52. The van der Waals surface area contributed by atoms with Gasteiger partial charge in [0.2, 0.25) is 0 Å². The Hall–Kier alpha value is -0.340. The van der Waals surface area contributed by atoms with Gasteiger partial charge in [0.05, 0.1) is 0 Å². The quantitative estimate of drug-likeness (QED) is 0.820. The summed E-state index contributed by atoms with van der Waals surface area (Å²) in [5, 5.41) is 3.52. The lowest BCUT2D eigenvalue weighted by molar-refractivity contribution is 0.304. The summed E-state index contributed by atoms with van der Waals surface area (Å²) in [6.07, 6.45) is 2.37. The van der Waals surface area contributed by atoms with Crippen molar-refractivity contribution < 1.29 is 0 Å². The molecule has 0 aliphatic carbocycles. The number of benzene rings is 1. The van der Waals surface area contributed by atoms with Gasteiger partial charge < -0.3 is 5.32 Å². The van der Waals surface area contributed by atoms with Gasteiger partial charge in [-0.1, -0.05) is 55.8 Å². The fourth-order valence-electron chi connectivity index (χ4n) is 1.70. The van der Waals surface area contributed by atoms with Crippen molar-refractivity contribution in [3.8, 4) is 0 Å². The summed E-state index contributed by atoms with van der Waals surface area (Å²) in [4.78, 5) is 0. The van der Waals surface area contributed by atoms with Crippen LogP contribution < -0.4 is 5.32 Å². The molecule has 0 saturated heterocycles. The van der Waals surface area contributed by atoms with Crippen molar-refractivity contribution in [3.63, 3.8) is 0 Å². The predicted octanol–water partition coefficient (Wildman–Crippen LogP) is 4.41. The first-order valence-electron chi connectivity index (χ1n) is 6.37. The molecule has 1 aromatic rings. The van der Waals surface area contributed by atoms with E-state index in [0.29, 0.717) is 11.5 Å². The molecule has 0 radical (unpaired) electrons. The van der Waals surface area contributed by atoms with E-state index in [1.165, 1.54) is 12.0 Å². The van der Waals surface area contributed by atoms with Crippen LogP contribution in [0.2, 0.25) is 0 Å². The molecule has 0 unspecified atom stereocenters. The van der Waals surface area contributed by atoms with Crippen LogP contribution in [0.25, 0.3) is 0 Å². The molecule has 0 amide bonds. The van der Waals surface area contributed by atoms with Crippen LogP contribution >= 0.6 is 15.9 Å². The lowest BCUT2D eigenvalue weighted by atomic mass is 9.86. The van der Waals surface area contributed by atoms with Gasteiger partial charge in [-0.3, -0.25) is 0 Å². The second-order valence-corrected chi connectivity index (χ2v) is 6.74. The highest BCUT2D eigenvalue weighted by Crippen LogP contribution is 2.22. The van der Waals surface area contributed by atoms with E-state index in [4.69, 9.17) is 0 Å². The molecule has 0 saturated carbocycles. The van der Waals surface area contributed by atoms with Crippen LogP contribution in [0.1, 0.15) is 39.7 Å². The van der Waals surface area contributed by atoms with Crippen molar-refractivity contribution in [2.24, 2.45) is 5.41 Å². The molecule has 0 fully saturated rings. The Bertz CT molecular complexity index is 327. The Balaban J connectivity index is 2.40. The first-order valence-corrected chi connectivity index (χ1v) is 7.16. The molecule has 2 heteroatoms. The van der Waals surface area contributed by atoms with Gasteiger partial charge in [0.15, 0.2) is 0 Å². The molecule has 0 spiro atoms. The fraction of sp³-hybridized carbons (Fsp3) is 0.600. The lowest BCUT2D eigenvalue weighted by Gasteiger charge is -2.26. The average molecular weight is 298 g/mol. The van der Waals surface area contributed by atoms with Crippen molar-refractivity contribution in [2.45, 2.75) is 46.6 Å². The largest absolute Gasteiger partial charge is 0.314 e. The van der Waals surface area contributed by atoms with Gasteiger partial charge in [-0.05, 0) is 36.0 Å². The SMILES string of the molecule is CC(C)NCC(C)(C)CCc1ccc(Br)cc1. The van der Waals surface area contributed by atoms with Crippen molar-refractivity contribution in [2.75, 3.05) is 6.54 Å². The summed E-state index contributed by atoms with van der Waals surface area (Å²) < 4.78 is 1.15. The van der Waals surface area contributed by atoms with Crippen LogP contribution in [0.4, 0.5) is 0 Å². The molecule has 17 heavy (non-hydrogen) atoms. The van der Waals surface area contributed by atoms with Crippen LogP contribution in [-0.2, 0) is 6.42 Å². The fourth-order valence-corrected chi connectivity index (χ4v) is 1.97. The molecule has 0 heterocycles. The van der Waals surface area contributed by atoms with Gasteiger partial charge in [0, 0.05) is 17.1 Å². The maximum Gasteiger partial charge on any atom is 0.0175 e. The normalized spacial score (nSPS) is 12.1. The second kappa shape index (κ2) is 6.55. The molecule has 0 bridgehead atoms. The summed E-state index contributed by atoms with van der Waals surface area (Å²) in [5.41, 5.74) is 1.78. The van der Waals surface area contributed by atoms with E-state index in [1.54, 1.807) is 0 Å². The molecule has 0 atom stereocenters. The van der Waals surface area contributed by atoms with E-state index in [1.807, 2.05) is 0 Å². The number of hydrogen-bond acceptors (Lipinski definition) is 1. The zero-order chi connectivity index (χ0) is 12.9. The molecule has 96 valence electrons. The summed E-state index contributed by atoms with van der Waals surface area (Å²) in [6, 6.07) is 9.22. The summed E-state index contributed by atoms with van der Waals surface area (Å²) in [6.45, 7) is 10.2. The van der Waals surface area contributed by atoms with Gasteiger partial charge in [-0.15, -0.1) is 0 Å². The molecule has 1 aromatic carbocycles. The minimum atomic E-state index is 0.358. The number of hydrogen-bond donors (Lipinski definition) is 1. The first kappa shape index (κ1) is 14.7. The van der Waals surface area contributed by atoms with Crippen molar-refractivity contribution in [3.05, 3.63) is 34.3 Å². The Labute approximate surface area is 114 Å². The van der Waals surface area contributed by atoms with E-state index in [-0.39, 0.29) is 0 Å². The highest BCUT2D eigenvalue weighted by molar-refractivity contribution is 9.10. The first-order chi connectivity index (χ1) is 7.89. The number of aryl methyl sites for hydroxylation is 1. The Morgan fingerprint density at radius 2 is 1.76 bits per heavy atom. The Morgan fingerprint density at radius 1 is 1.18 bits per heavy atom. The molecule has 1 N–H and O–H groups in total. The average Bonchev–Trinajstić information content (AvgIpc) is 2.26. The number of nitrogens with one attached hydrogen (secondary N) is 1. The molecule has 0 aromatic heterocycles. The minimum absolute atomic E-state index is 0.358. The third kappa shape index (κ3) is 6.23. The highest BCUT2D eigenvalue weighted by atomic mass is 79.9. The van der Waals surface area contributed by atoms with Gasteiger partial charge in [0.25, 0.3) is 0 Å². The van der Waals surface area contributed by atoms with Crippen LogP contribution in [0.5, 0.6) is 0 Å². The molecule has 0 aliphatic rings. The minimum Gasteiger partial charge on any atom is -0.314 e. The van der Waals surface area contributed by atoms with E-state index < -0.39 is 0 Å². The van der Waals surface area contributed by atoms with Gasteiger partial charge in [0.1, 0.15) is 0 Å². The predicted molar refractivity (Wildman–Crippen MR) is 79.4 cm³/mol. The molecule has 1 rings (SSSR count). The highest BCUT2D eigenvalue weighted by Gasteiger charge is 2.17. The van der Waals surface area contributed by atoms with Crippen LogP contribution in [-0.4, -0.2) is 12.6 Å². The summed E-state index contributed by atoms with van der Waals surface area (Å²) in [7, 11) is 0. The van der Waals surface area contributed by atoms with E-state index in [2.05, 4.69) is 73.2 Å². The summed E-state index contributed by atoms with van der Waals surface area (Å²) in [5.74, 6) is 0. The standard InChI is InChI=1S/C15H24BrN/c1-12(2)17-11-15(3,4)10-9-13-5-7-14(16)8-6-13/h5-8,12,17H,9-11H2,1-4H3. The molecule has 1 nitrogen and oxygen atoms in total. The van der Waals surface area contributed by atoms with Crippen LogP contribution in [0, 0.1) is 5.41 Å². The van der Waals surface area contributed by atoms with Crippen molar-refractivity contribution >= 4 is 15.9 Å². The molecular weight excluding hydrogens is 274 g/mol. The molecular formula is C15H24BrN. The van der Waals surface area contributed by atoms with Crippen molar-refractivity contribution in [1.29, 1.82) is 0 Å². The van der Waals surface area contributed by atoms with Crippen LogP contribution in [0.15, 0.2) is 28.7 Å². The second-order valence-electron chi connectivity index (χ2n) is 5.83. The number of rotatable bonds is 6. The topological polar surface area (TPSA) is 12.0 Å². The van der Waals surface area contributed by atoms with Gasteiger partial charge >= 0.3 is 0 Å². The Morgan fingerprint density at radius 3 is 2.29 bits per heavy atom. The monoisotopic (exact) mass is 297 g/mol. The zero-order valence-corrected chi connectivity index (χ0v) is 13.0. The maximum absolute atomic E-state index is 3.52. The smallest absolute Gasteiger partial charge is 0.0175 e. The number of halogens is 1. The van der Waals surface area contributed by atoms with Gasteiger partial charge in [-0.2, -0.15) is 0 Å². The molecule has 0 aliphatic heterocycles. The maximum atomic E-state index is 3.52. The summed E-state index contributed by atoms with van der Waals surface area (Å²) >= 11 is 3.47. The van der Waals surface area contributed by atoms with E-state index in [9.17, 15) is 0 Å². The van der Waals surface area contributed by atoms with E-state index >= 15 is 0 Å². The van der Waals surface area contributed by atoms with E-state index in [0.717, 1.165) is 17.4 Å². The lowest BCUT2D eigenvalue weighted by Crippen LogP contribution is -2.34.